The van der Waals surface area contributed by atoms with E-state index in [1.165, 1.54) is 12.0 Å². The summed E-state index contributed by atoms with van der Waals surface area (Å²) in [4.78, 5) is 0. The van der Waals surface area contributed by atoms with Gasteiger partial charge in [0, 0.05) is 11.6 Å². The Kier molecular flexibility index (Phi) is 3.04. The second kappa shape index (κ2) is 4.67. The molecule has 92 valence electrons. The van der Waals surface area contributed by atoms with Crippen LogP contribution in [-0.2, 0) is 0 Å². The van der Waals surface area contributed by atoms with Crippen LogP contribution in [0.1, 0.15) is 37.3 Å². The van der Waals surface area contributed by atoms with Crippen molar-refractivity contribution < 1.29 is 9.84 Å². The molecule has 1 aliphatic carbocycles. The third-order valence-electron chi connectivity index (χ3n) is 3.84. The van der Waals surface area contributed by atoms with Gasteiger partial charge in [-0.05, 0) is 18.9 Å². The Morgan fingerprint density at radius 3 is 2.88 bits per heavy atom. The number of rotatable bonds is 2. The van der Waals surface area contributed by atoms with Crippen molar-refractivity contribution in [3.63, 3.8) is 0 Å². The van der Waals surface area contributed by atoms with Gasteiger partial charge in [0.2, 0.25) is 0 Å². The lowest BCUT2D eigenvalue weighted by molar-refractivity contribution is 0.0828. The maximum Gasteiger partial charge on any atom is 0.124 e. The first-order valence-corrected chi connectivity index (χ1v) is 6.50. The molecule has 2 aliphatic rings. The molecule has 1 unspecified atom stereocenters. The van der Waals surface area contributed by atoms with Gasteiger partial charge < -0.3 is 15.2 Å². The first-order valence-electron chi connectivity index (χ1n) is 6.50. The molecular formula is C14H19NO2. The van der Waals surface area contributed by atoms with Crippen molar-refractivity contribution in [1.82, 2.24) is 5.32 Å². The zero-order chi connectivity index (χ0) is 11.7. The smallest absolute Gasteiger partial charge is 0.124 e. The average Bonchev–Trinajstić information content (AvgIpc) is 2.76. The van der Waals surface area contributed by atoms with Gasteiger partial charge in [0.15, 0.2) is 0 Å². The SMILES string of the molecule is O[C@@H]1CCCC[C@H]1NC1COc2ccccc21. The summed E-state index contributed by atoms with van der Waals surface area (Å²) in [5.41, 5.74) is 1.23. The van der Waals surface area contributed by atoms with Crippen molar-refractivity contribution in [3.8, 4) is 5.75 Å². The predicted octanol–water partition coefficient (Wildman–Crippen LogP) is 2.01. The monoisotopic (exact) mass is 233 g/mol. The molecule has 0 saturated heterocycles. The fraction of sp³-hybridized carbons (Fsp3) is 0.571. The fourth-order valence-electron chi connectivity index (χ4n) is 2.86. The van der Waals surface area contributed by atoms with Gasteiger partial charge in [-0.15, -0.1) is 0 Å². The van der Waals surface area contributed by atoms with Crippen molar-refractivity contribution >= 4 is 0 Å². The van der Waals surface area contributed by atoms with Gasteiger partial charge in [0.25, 0.3) is 0 Å². The van der Waals surface area contributed by atoms with Crippen molar-refractivity contribution in [2.75, 3.05) is 6.61 Å². The summed E-state index contributed by atoms with van der Waals surface area (Å²) in [6.45, 7) is 0.683. The van der Waals surface area contributed by atoms with Gasteiger partial charge in [0.1, 0.15) is 12.4 Å². The normalized spacial score (nSPS) is 31.9. The van der Waals surface area contributed by atoms with Crippen LogP contribution >= 0.6 is 0 Å². The summed E-state index contributed by atoms with van der Waals surface area (Å²) < 4.78 is 5.64. The van der Waals surface area contributed by atoms with Crippen LogP contribution in [0, 0.1) is 0 Å². The molecule has 2 N–H and O–H groups in total. The summed E-state index contributed by atoms with van der Waals surface area (Å²) in [6.07, 6.45) is 4.16. The molecule has 1 heterocycles. The number of aliphatic hydroxyl groups is 1. The Bertz CT molecular complexity index is 394. The molecule has 0 radical (unpaired) electrons. The lowest BCUT2D eigenvalue weighted by Crippen LogP contribution is -2.44. The minimum atomic E-state index is -0.198. The minimum absolute atomic E-state index is 0.198. The van der Waals surface area contributed by atoms with Crippen molar-refractivity contribution in [2.24, 2.45) is 0 Å². The molecule has 1 saturated carbocycles. The van der Waals surface area contributed by atoms with Gasteiger partial charge >= 0.3 is 0 Å². The van der Waals surface area contributed by atoms with E-state index in [1.54, 1.807) is 0 Å². The number of hydrogen-bond acceptors (Lipinski definition) is 3. The molecule has 3 rings (SSSR count). The van der Waals surface area contributed by atoms with Gasteiger partial charge in [-0.2, -0.15) is 0 Å². The fourth-order valence-corrected chi connectivity index (χ4v) is 2.86. The van der Waals surface area contributed by atoms with E-state index in [2.05, 4.69) is 11.4 Å². The summed E-state index contributed by atoms with van der Waals surface area (Å²) in [6, 6.07) is 8.62. The van der Waals surface area contributed by atoms with Crippen molar-refractivity contribution in [3.05, 3.63) is 29.8 Å². The molecule has 1 aromatic carbocycles. The van der Waals surface area contributed by atoms with E-state index < -0.39 is 0 Å². The number of ether oxygens (including phenoxy) is 1. The highest BCUT2D eigenvalue weighted by atomic mass is 16.5. The molecule has 0 bridgehead atoms. The molecule has 3 atom stereocenters. The molecule has 1 aromatic rings. The second-order valence-electron chi connectivity index (χ2n) is 5.03. The Morgan fingerprint density at radius 1 is 1.18 bits per heavy atom. The van der Waals surface area contributed by atoms with Crippen LogP contribution in [-0.4, -0.2) is 23.9 Å². The van der Waals surface area contributed by atoms with Crippen LogP contribution in [0.5, 0.6) is 5.75 Å². The largest absolute Gasteiger partial charge is 0.491 e. The Balaban J connectivity index is 1.70. The molecule has 0 amide bonds. The Labute approximate surface area is 102 Å². The third kappa shape index (κ3) is 2.17. The number of fused-ring (bicyclic) bond motifs is 1. The van der Waals surface area contributed by atoms with Crippen LogP contribution in [0.4, 0.5) is 0 Å². The Hall–Kier alpha value is -1.06. The van der Waals surface area contributed by atoms with Crippen molar-refractivity contribution in [1.29, 1.82) is 0 Å². The molecule has 3 nitrogen and oxygen atoms in total. The number of nitrogens with one attached hydrogen (secondary N) is 1. The molecule has 3 heteroatoms. The van der Waals surface area contributed by atoms with E-state index in [0.29, 0.717) is 6.61 Å². The topological polar surface area (TPSA) is 41.5 Å². The van der Waals surface area contributed by atoms with E-state index in [-0.39, 0.29) is 18.2 Å². The van der Waals surface area contributed by atoms with Crippen LogP contribution in [0.3, 0.4) is 0 Å². The third-order valence-corrected chi connectivity index (χ3v) is 3.84. The molecule has 17 heavy (non-hydrogen) atoms. The van der Waals surface area contributed by atoms with Crippen LogP contribution in [0.2, 0.25) is 0 Å². The molecule has 1 fully saturated rings. The Morgan fingerprint density at radius 2 is 2.00 bits per heavy atom. The zero-order valence-electron chi connectivity index (χ0n) is 9.93. The standard InChI is InChI=1S/C14H19NO2/c16-13-7-3-2-6-11(13)15-12-9-17-14-8-4-1-5-10(12)14/h1,4-5,8,11-13,15-16H,2-3,6-7,9H2/t11-,12?,13-/m1/s1. The summed E-state index contributed by atoms with van der Waals surface area (Å²) >= 11 is 0. The summed E-state index contributed by atoms with van der Waals surface area (Å²) in [7, 11) is 0. The summed E-state index contributed by atoms with van der Waals surface area (Å²) in [5, 5.41) is 13.5. The maximum atomic E-state index is 9.97. The first-order chi connectivity index (χ1) is 8.34. The van der Waals surface area contributed by atoms with E-state index in [1.807, 2.05) is 18.2 Å². The molecule has 1 aliphatic heterocycles. The average molecular weight is 233 g/mol. The molecule has 0 spiro atoms. The predicted molar refractivity (Wildman–Crippen MR) is 66.1 cm³/mol. The van der Waals surface area contributed by atoms with Gasteiger partial charge in [-0.3, -0.25) is 0 Å². The van der Waals surface area contributed by atoms with Gasteiger partial charge in [-0.1, -0.05) is 31.0 Å². The van der Waals surface area contributed by atoms with Gasteiger partial charge in [0.05, 0.1) is 12.1 Å². The highest BCUT2D eigenvalue weighted by Gasteiger charge is 2.30. The number of para-hydroxylation sites is 1. The van der Waals surface area contributed by atoms with Crippen LogP contribution in [0.25, 0.3) is 0 Å². The first kappa shape index (κ1) is 11.1. The lowest BCUT2D eigenvalue weighted by Gasteiger charge is -2.30. The zero-order valence-corrected chi connectivity index (χ0v) is 9.93. The van der Waals surface area contributed by atoms with E-state index >= 15 is 0 Å². The highest BCUT2D eigenvalue weighted by Crippen LogP contribution is 2.33. The molecular weight excluding hydrogens is 214 g/mol. The van der Waals surface area contributed by atoms with E-state index in [0.717, 1.165) is 25.0 Å². The van der Waals surface area contributed by atoms with E-state index in [9.17, 15) is 5.11 Å². The quantitative estimate of drug-likeness (QED) is 0.821. The minimum Gasteiger partial charge on any atom is -0.491 e. The highest BCUT2D eigenvalue weighted by molar-refractivity contribution is 5.39. The van der Waals surface area contributed by atoms with Gasteiger partial charge in [-0.25, -0.2) is 0 Å². The number of benzene rings is 1. The lowest BCUT2D eigenvalue weighted by atomic mass is 9.91. The second-order valence-corrected chi connectivity index (χ2v) is 5.03. The van der Waals surface area contributed by atoms with Crippen molar-refractivity contribution in [2.45, 2.75) is 43.9 Å². The number of hydrogen-bond donors (Lipinski definition) is 2. The summed E-state index contributed by atoms with van der Waals surface area (Å²) in [5.74, 6) is 0.982. The maximum absolute atomic E-state index is 9.97. The number of aliphatic hydroxyl groups excluding tert-OH is 1. The van der Waals surface area contributed by atoms with Crippen LogP contribution < -0.4 is 10.1 Å². The van der Waals surface area contributed by atoms with E-state index in [4.69, 9.17) is 4.74 Å². The molecule has 0 aromatic heterocycles. The van der Waals surface area contributed by atoms with Crippen LogP contribution in [0.15, 0.2) is 24.3 Å².